The number of nitrogens with one attached hydrogen (secondary N) is 1. The van der Waals surface area contributed by atoms with Crippen molar-refractivity contribution in [1.82, 2.24) is 14.9 Å². The summed E-state index contributed by atoms with van der Waals surface area (Å²) >= 11 is 0. The molecule has 0 bridgehead atoms. The molecular weight excluding hydrogens is 424 g/mol. The largest absolute Gasteiger partial charge is 0.378 e. The highest BCUT2D eigenvalue weighted by molar-refractivity contribution is 5.99. The van der Waals surface area contributed by atoms with Crippen LogP contribution in [-0.2, 0) is 17.8 Å². The molecule has 34 heavy (non-hydrogen) atoms. The summed E-state index contributed by atoms with van der Waals surface area (Å²) in [6.07, 6.45) is 5.57. The fourth-order valence-corrected chi connectivity index (χ4v) is 4.35. The summed E-state index contributed by atoms with van der Waals surface area (Å²) in [5, 5.41) is 3.14. The van der Waals surface area contributed by atoms with Gasteiger partial charge in [0.25, 0.3) is 5.91 Å². The Bertz CT molecular complexity index is 1230. The van der Waals surface area contributed by atoms with Crippen LogP contribution in [0.25, 0.3) is 11.1 Å². The third-order valence-corrected chi connectivity index (χ3v) is 6.15. The molecule has 1 aromatic heterocycles. The van der Waals surface area contributed by atoms with Gasteiger partial charge in [-0.2, -0.15) is 0 Å². The number of carbonyl (C=O) groups excluding carboxylic acids is 1. The molecule has 4 aromatic rings. The first kappa shape index (κ1) is 21.9. The smallest absolute Gasteiger partial charge is 0.253 e. The van der Waals surface area contributed by atoms with Gasteiger partial charge in [0.15, 0.2) is 0 Å². The molecule has 172 valence electrons. The second kappa shape index (κ2) is 10.4. The molecule has 3 aromatic carbocycles. The number of nitrogens with zero attached hydrogens (tertiary/aromatic N) is 3. The van der Waals surface area contributed by atoms with Crippen LogP contribution in [0.5, 0.6) is 0 Å². The highest BCUT2D eigenvalue weighted by Crippen LogP contribution is 2.25. The number of aromatic nitrogens is 2. The molecule has 6 nitrogen and oxygen atoms in total. The zero-order valence-corrected chi connectivity index (χ0v) is 19.1. The van der Waals surface area contributed by atoms with E-state index in [-0.39, 0.29) is 5.91 Å². The van der Waals surface area contributed by atoms with Crippen LogP contribution in [0.2, 0.25) is 0 Å². The van der Waals surface area contributed by atoms with Gasteiger partial charge in [-0.1, -0.05) is 60.7 Å². The van der Waals surface area contributed by atoms with Crippen LogP contribution >= 0.6 is 0 Å². The highest BCUT2D eigenvalue weighted by Gasteiger charge is 2.18. The summed E-state index contributed by atoms with van der Waals surface area (Å²) in [6, 6.07) is 24.6. The van der Waals surface area contributed by atoms with E-state index in [2.05, 4.69) is 51.6 Å². The van der Waals surface area contributed by atoms with Gasteiger partial charge in [0.1, 0.15) is 0 Å². The first-order chi connectivity index (χ1) is 16.8. The third-order valence-electron chi connectivity index (χ3n) is 6.15. The molecule has 1 N–H and O–H groups in total. The number of morpholine rings is 1. The molecule has 5 rings (SSSR count). The standard InChI is InChI=1S/C28H28N4O2/c33-28(26-7-3-4-8-27(26)32-15-17-34-18-16-32)30-19-24-5-1-2-6-25(24)23-11-9-22(10-12-23)20-31-14-13-29-21-31/h1-14,21H,15-20H2,(H,30,33). The molecule has 0 aliphatic carbocycles. The van der Waals surface area contributed by atoms with Crippen LogP contribution in [0.4, 0.5) is 5.69 Å². The molecule has 0 spiro atoms. The van der Waals surface area contributed by atoms with Crippen molar-refractivity contribution in [3.63, 3.8) is 0 Å². The van der Waals surface area contributed by atoms with Gasteiger partial charge in [0.2, 0.25) is 0 Å². The summed E-state index contributed by atoms with van der Waals surface area (Å²) in [5.74, 6) is -0.0624. The second-order valence-electron chi connectivity index (χ2n) is 8.39. The molecule has 1 fully saturated rings. The van der Waals surface area contributed by atoms with Gasteiger partial charge in [0.05, 0.1) is 25.1 Å². The van der Waals surface area contributed by atoms with Crippen molar-refractivity contribution < 1.29 is 9.53 Å². The quantitative estimate of drug-likeness (QED) is 0.453. The molecule has 0 atom stereocenters. The Morgan fingerprint density at radius 1 is 0.941 bits per heavy atom. The topological polar surface area (TPSA) is 59.4 Å². The summed E-state index contributed by atoms with van der Waals surface area (Å²) in [4.78, 5) is 19.5. The van der Waals surface area contributed by atoms with Gasteiger partial charge in [0, 0.05) is 44.3 Å². The highest BCUT2D eigenvalue weighted by atomic mass is 16.5. The number of benzene rings is 3. The molecule has 1 amide bonds. The second-order valence-corrected chi connectivity index (χ2v) is 8.39. The molecule has 0 radical (unpaired) electrons. The van der Waals surface area contributed by atoms with E-state index in [4.69, 9.17) is 4.74 Å². The molecular formula is C28H28N4O2. The van der Waals surface area contributed by atoms with Crippen molar-refractivity contribution >= 4 is 11.6 Å². The lowest BCUT2D eigenvalue weighted by Crippen LogP contribution is -2.37. The Kier molecular flexibility index (Phi) is 6.68. The maximum absolute atomic E-state index is 13.1. The van der Waals surface area contributed by atoms with E-state index >= 15 is 0 Å². The van der Waals surface area contributed by atoms with Gasteiger partial charge >= 0.3 is 0 Å². The number of carbonyl (C=O) groups is 1. The van der Waals surface area contributed by atoms with Gasteiger partial charge in [-0.25, -0.2) is 4.98 Å². The average molecular weight is 453 g/mol. The number of hydrogen-bond donors (Lipinski definition) is 1. The number of ether oxygens (including phenoxy) is 1. The Labute approximate surface area is 199 Å². The number of anilines is 1. The zero-order valence-electron chi connectivity index (χ0n) is 19.1. The van der Waals surface area contributed by atoms with Crippen LogP contribution in [0.1, 0.15) is 21.5 Å². The number of amides is 1. The maximum Gasteiger partial charge on any atom is 0.253 e. The first-order valence-corrected chi connectivity index (χ1v) is 11.6. The molecule has 1 aliphatic heterocycles. The molecule has 0 unspecified atom stereocenters. The lowest BCUT2D eigenvalue weighted by Gasteiger charge is -2.30. The normalized spacial score (nSPS) is 13.6. The van der Waals surface area contributed by atoms with Gasteiger partial charge in [-0.3, -0.25) is 4.79 Å². The lowest BCUT2D eigenvalue weighted by molar-refractivity contribution is 0.0949. The van der Waals surface area contributed by atoms with E-state index < -0.39 is 0 Å². The van der Waals surface area contributed by atoms with Crippen molar-refractivity contribution in [3.05, 3.63) is 108 Å². The predicted octanol–water partition coefficient (Wildman–Crippen LogP) is 4.37. The minimum atomic E-state index is -0.0624. The first-order valence-electron chi connectivity index (χ1n) is 11.6. The van der Waals surface area contributed by atoms with Crippen molar-refractivity contribution in [2.75, 3.05) is 31.2 Å². The number of imidazole rings is 1. The molecule has 1 aliphatic rings. The maximum atomic E-state index is 13.1. The summed E-state index contributed by atoms with van der Waals surface area (Å²) < 4.78 is 7.52. The fourth-order valence-electron chi connectivity index (χ4n) is 4.35. The van der Waals surface area contributed by atoms with Crippen LogP contribution in [0.3, 0.4) is 0 Å². The van der Waals surface area contributed by atoms with Gasteiger partial charge in [-0.15, -0.1) is 0 Å². The Balaban J connectivity index is 1.30. The monoisotopic (exact) mass is 452 g/mol. The molecule has 1 saturated heterocycles. The van der Waals surface area contributed by atoms with E-state index in [1.807, 2.05) is 53.5 Å². The van der Waals surface area contributed by atoms with E-state index in [9.17, 15) is 4.79 Å². The van der Waals surface area contributed by atoms with E-state index in [0.717, 1.165) is 42.0 Å². The van der Waals surface area contributed by atoms with E-state index in [1.54, 1.807) is 6.20 Å². The van der Waals surface area contributed by atoms with Crippen molar-refractivity contribution in [1.29, 1.82) is 0 Å². The minimum absolute atomic E-state index is 0.0624. The van der Waals surface area contributed by atoms with Crippen molar-refractivity contribution in [2.24, 2.45) is 0 Å². The Hall–Kier alpha value is -3.90. The summed E-state index contributed by atoms with van der Waals surface area (Å²) in [7, 11) is 0. The van der Waals surface area contributed by atoms with Crippen LogP contribution in [-0.4, -0.2) is 41.8 Å². The summed E-state index contributed by atoms with van der Waals surface area (Å²) in [5.41, 5.74) is 6.22. The van der Waals surface area contributed by atoms with E-state index in [0.29, 0.717) is 25.3 Å². The minimum Gasteiger partial charge on any atom is -0.378 e. The van der Waals surface area contributed by atoms with Crippen molar-refractivity contribution in [2.45, 2.75) is 13.1 Å². The van der Waals surface area contributed by atoms with E-state index in [1.165, 1.54) is 5.56 Å². The fraction of sp³-hybridized carbons (Fsp3) is 0.214. The molecule has 6 heteroatoms. The number of para-hydroxylation sites is 1. The predicted molar refractivity (Wildman–Crippen MR) is 134 cm³/mol. The third kappa shape index (κ3) is 5.02. The van der Waals surface area contributed by atoms with Crippen LogP contribution in [0, 0.1) is 0 Å². The number of hydrogen-bond acceptors (Lipinski definition) is 4. The van der Waals surface area contributed by atoms with Crippen molar-refractivity contribution in [3.8, 4) is 11.1 Å². The van der Waals surface area contributed by atoms with Gasteiger partial charge < -0.3 is 19.5 Å². The molecule has 2 heterocycles. The van der Waals surface area contributed by atoms with Crippen LogP contribution < -0.4 is 10.2 Å². The summed E-state index contributed by atoms with van der Waals surface area (Å²) in [6.45, 7) is 4.21. The van der Waals surface area contributed by atoms with Crippen LogP contribution in [0.15, 0.2) is 91.5 Å². The number of rotatable bonds is 7. The Morgan fingerprint density at radius 2 is 1.71 bits per heavy atom. The SMILES string of the molecule is O=C(NCc1ccccc1-c1ccc(Cn2ccnc2)cc1)c1ccccc1N1CCOCC1. The zero-order chi connectivity index (χ0) is 23.2. The average Bonchev–Trinajstić information content (AvgIpc) is 3.41. The lowest BCUT2D eigenvalue weighted by atomic mass is 9.98. The Morgan fingerprint density at radius 3 is 2.50 bits per heavy atom. The van der Waals surface area contributed by atoms with Gasteiger partial charge in [-0.05, 0) is 34.4 Å². The molecule has 0 saturated carbocycles.